The van der Waals surface area contributed by atoms with Crippen molar-refractivity contribution in [2.24, 2.45) is 5.73 Å². The van der Waals surface area contributed by atoms with Crippen molar-refractivity contribution in [2.45, 2.75) is 30.6 Å². The summed E-state index contributed by atoms with van der Waals surface area (Å²) in [4.78, 5) is 18.1. The highest BCUT2D eigenvalue weighted by atomic mass is 32.2. The lowest BCUT2D eigenvalue weighted by Gasteiger charge is -2.34. The van der Waals surface area contributed by atoms with Crippen LogP contribution in [0.5, 0.6) is 0 Å². The SMILES string of the molecule is NC1(c2noc(CSCC(=O)N3CCOCC3)n2)CCC1. The first kappa shape index (κ1) is 14.8. The van der Waals surface area contributed by atoms with Crippen LogP contribution in [-0.4, -0.2) is 53.0 Å². The van der Waals surface area contributed by atoms with Crippen molar-refractivity contribution in [1.29, 1.82) is 0 Å². The summed E-state index contributed by atoms with van der Waals surface area (Å²) in [5, 5.41) is 3.96. The molecule has 2 aliphatic rings. The van der Waals surface area contributed by atoms with E-state index in [0.29, 0.717) is 49.5 Å². The molecule has 0 aromatic carbocycles. The van der Waals surface area contributed by atoms with Gasteiger partial charge < -0.3 is 19.9 Å². The number of rotatable bonds is 5. The Kier molecular flexibility index (Phi) is 4.46. The molecule has 3 rings (SSSR count). The first-order chi connectivity index (χ1) is 10.2. The Hall–Kier alpha value is -1.12. The molecule has 1 aliphatic heterocycles. The Morgan fingerprint density at radius 3 is 2.81 bits per heavy atom. The van der Waals surface area contributed by atoms with Crippen molar-refractivity contribution in [1.82, 2.24) is 15.0 Å². The van der Waals surface area contributed by atoms with E-state index in [4.69, 9.17) is 15.0 Å². The van der Waals surface area contributed by atoms with Gasteiger partial charge in [-0.05, 0) is 19.3 Å². The second kappa shape index (κ2) is 6.33. The molecule has 2 heterocycles. The van der Waals surface area contributed by atoms with E-state index in [-0.39, 0.29) is 5.91 Å². The third-order valence-corrected chi connectivity index (χ3v) is 4.88. The Morgan fingerprint density at radius 2 is 2.14 bits per heavy atom. The van der Waals surface area contributed by atoms with Crippen molar-refractivity contribution in [3.63, 3.8) is 0 Å². The van der Waals surface area contributed by atoms with Crippen LogP contribution in [0.25, 0.3) is 0 Å². The number of hydrogen-bond acceptors (Lipinski definition) is 7. The van der Waals surface area contributed by atoms with Gasteiger partial charge in [-0.3, -0.25) is 4.79 Å². The lowest BCUT2D eigenvalue weighted by molar-refractivity contribution is -0.132. The molecule has 0 bridgehead atoms. The van der Waals surface area contributed by atoms with E-state index < -0.39 is 5.54 Å². The molecular formula is C13H20N4O3S. The monoisotopic (exact) mass is 312 g/mol. The summed E-state index contributed by atoms with van der Waals surface area (Å²) in [7, 11) is 0. The molecule has 0 spiro atoms. The maximum atomic E-state index is 12.0. The highest BCUT2D eigenvalue weighted by molar-refractivity contribution is 7.99. The standard InChI is InChI=1S/C13H20N4O3S/c14-13(2-1-3-13)12-15-10(20-16-12)8-21-9-11(18)17-4-6-19-7-5-17/h1-9,14H2. The molecule has 1 aromatic rings. The fourth-order valence-electron chi connectivity index (χ4n) is 2.43. The van der Waals surface area contributed by atoms with Gasteiger partial charge in [-0.15, -0.1) is 11.8 Å². The van der Waals surface area contributed by atoms with Crippen LogP contribution in [0.3, 0.4) is 0 Å². The Bertz CT molecular complexity index is 497. The number of hydrogen-bond donors (Lipinski definition) is 1. The fraction of sp³-hybridized carbons (Fsp3) is 0.769. The average Bonchev–Trinajstić information content (AvgIpc) is 2.95. The molecular weight excluding hydrogens is 292 g/mol. The molecule has 1 saturated heterocycles. The first-order valence-corrected chi connectivity index (χ1v) is 8.38. The van der Waals surface area contributed by atoms with Crippen LogP contribution in [0.1, 0.15) is 31.0 Å². The number of nitrogens with zero attached hydrogens (tertiary/aromatic N) is 3. The van der Waals surface area contributed by atoms with Gasteiger partial charge in [0.05, 0.1) is 30.3 Å². The van der Waals surface area contributed by atoms with Crippen LogP contribution in [0.2, 0.25) is 0 Å². The van der Waals surface area contributed by atoms with Gasteiger partial charge in [0.15, 0.2) is 5.82 Å². The number of aromatic nitrogens is 2. The molecule has 7 nitrogen and oxygen atoms in total. The zero-order valence-corrected chi connectivity index (χ0v) is 12.7. The summed E-state index contributed by atoms with van der Waals surface area (Å²) in [6.45, 7) is 2.61. The normalized spacial score (nSPS) is 21.1. The highest BCUT2D eigenvalue weighted by Gasteiger charge is 2.38. The smallest absolute Gasteiger partial charge is 0.236 e. The Morgan fingerprint density at radius 1 is 1.38 bits per heavy atom. The molecule has 1 aromatic heterocycles. The summed E-state index contributed by atoms with van der Waals surface area (Å²) < 4.78 is 10.4. The van der Waals surface area contributed by atoms with Gasteiger partial charge in [-0.25, -0.2) is 0 Å². The van der Waals surface area contributed by atoms with Gasteiger partial charge in [0.1, 0.15) is 0 Å². The maximum absolute atomic E-state index is 12.0. The van der Waals surface area contributed by atoms with Crippen LogP contribution in [0.4, 0.5) is 0 Å². The maximum Gasteiger partial charge on any atom is 0.236 e. The van der Waals surface area contributed by atoms with E-state index in [0.717, 1.165) is 19.3 Å². The zero-order valence-electron chi connectivity index (χ0n) is 11.9. The van der Waals surface area contributed by atoms with Gasteiger partial charge in [0.2, 0.25) is 11.8 Å². The van der Waals surface area contributed by atoms with E-state index in [9.17, 15) is 4.79 Å². The molecule has 2 N–H and O–H groups in total. The number of ether oxygens (including phenoxy) is 1. The van der Waals surface area contributed by atoms with Gasteiger partial charge in [-0.2, -0.15) is 4.98 Å². The minimum Gasteiger partial charge on any atom is -0.378 e. The summed E-state index contributed by atoms with van der Waals surface area (Å²) in [6.07, 6.45) is 2.94. The number of morpholine rings is 1. The summed E-state index contributed by atoms with van der Waals surface area (Å²) in [6, 6.07) is 0. The fourth-order valence-corrected chi connectivity index (χ4v) is 3.18. The topological polar surface area (TPSA) is 94.5 Å². The van der Waals surface area contributed by atoms with Crippen LogP contribution in [0, 0.1) is 0 Å². The largest absolute Gasteiger partial charge is 0.378 e. The number of thioether (sulfide) groups is 1. The van der Waals surface area contributed by atoms with E-state index in [2.05, 4.69) is 10.1 Å². The Balaban J connectivity index is 1.44. The van der Waals surface area contributed by atoms with Crippen molar-refractivity contribution >= 4 is 17.7 Å². The van der Waals surface area contributed by atoms with Crippen LogP contribution in [0.15, 0.2) is 4.52 Å². The van der Waals surface area contributed by atoms with Gasteiger partial charge in [0.25, 0.3) is 0 Å². The molecule has 0 radical (unpaired) electrons. The van der Waals surface area contributed by atoms with Crippen LogP contribution < -0.4 is 5.73 Å². The second-order valence-corrected chi connectivity index (χ2v) is 6.49. The minimum absolute atomic E-state index is 0.136. The minimum atomic E-state index is -0.393. The molecule has 0 atom stereocenters. The van der Waals surface area contributed by atoms with Crippen molar-refractivity contribution in [3.05, 3.63) is 11.7 Å². The zero-order chi connectivity index (χ0) is 14.7. The molecule has 1 aliphatic carbocycles. The molecule has 1 amide bonds. The van der Waals surface area contributed by atoms with Gasteiger partial charge in [-0.1, -0.05) is 5.16 Å². The number of amides is 1. The predicted molar refractivity (Wildman–Crippen MR) is 77.6 cm³/mol. The molecule has 116 valence electrons. The lowest BCUT2D eigenvalue weighted by Crippen LogP contribution is -2.44. The van der Waals surface area contributed by atoms with Crippen molar-refractivity contribution in [2.75, 3.05) is 32.1 Å². The van der Waals surface area contributed by atoms with Gasteiger partial charge >= 0.3 is 0 Å². The molecule has 8 heteroatoms. The number of carbonyl (C=O) groups is 1. The van der Waals surface area contributed by atoms with Gasteiger partial charge in [0, 0.05) is 13.1 Å². The first-order valence-electron chi connectivity index (χ1n) is 7.23. The van der Waals surface area contributed by atoms with E-state index in [1.165, 1.54) is 11.8 Å². The summed E-state index contributed by atoms with van der Waals surface area (Å²) in [5.41, 5.74) is 5.75. The highest BCUT2D eigenvalue weighted by Crippen LogP contribution is 2.37. The third-order valence-electron chi connectivity index (χ3n) is 3.97. The van der Waals surface area contributed by atoms with Crippen molar-refractivity contribution < 1.29 is 14.1 Å². The molecule has 0 unspecified atom stereocenters. The van der Waals surface area contributed by atoms with E-state index in [1.54, 1.807) is 0 Å². The summed E-state index contributed by atoms with van der Waals surface area (Å²) >= 11 is 1.49. The van der Waals surface area contributed by atoms with Crippen LogP contribution in [-0.2, 0) is 20.8 Å². The van der Waals surface area contributed by atoms with Crippen LogP contribution >= 0.6 is 11.8 Å². The number of nitrogens with two attached hydrogens (primary N) is 1. The lowest BCUT2D eigenvalue weighted by atomic mass is 9.77. The average molecular weight is 312 g/mol. The molecule has 1 saturated carbocycles. The molecule has 21 heavy (non-hydrogen) atoms. The van der Waals surface area contributed by atoms with E-state index in [1.807, 2.05) is 4.90 Å². The van der Waals surface area contributed by atoms with E-state index >= 15 is 0 Å². The predicted octanol–water partition coefficient (Wildman–Crippen LogP) is 0.499. The number of carbonyl (C=O) groups excluding carboxylic acids is 1. The summed E-state index contributed by atoms with van der Waals surface area (Å²) in [5.74, 6) is 2.24. The van der Waals surface area contributed by atoms with Crippen molar-refractivity contribution in [3.8, 4) is 0 Å². The quantitative estimate of drug-likeness (QED) is 0.846. The molecule has 2 fully saturated rings. The Labute approximate surface area is 127 Å². The second-order valence-electron chi connectivity index (χ2n) is 5.51. The third kappa shape index (κ3) is 3.38.